The van der Waals surface area contributed by atoms with Crippen LogP contribution in [0.3, 0.4) is 0 Å². The Hall–Kier alpha value is -0.550. The van der Waals surface area contributed by atoms with Crippen molar-refractivity contribution in [3.05, 3.63) is 33.8 Å². The second kappa shape index (κ2) is 4.61. The Morgan fingerprint density at radius 2 is 2.00 bits per heavy atom. The van der Waals surface area contributed by atoms with E-state index in [4.69, 9.17) is 0 Å². The molecule has 0 spiro atoms. The number of nitrogens with one attached hydrogen (secondary N) is 1. The van der Waals surface area contributed by atoms with Crippen LogP contribution in [0.2, 0.25) is 0 Å². The third-order valence-electron chi connectivity index (χ3n) is 3.06. The van der Waals surface area contributed by atoms with Gasteiger partial charge in [-0.3, -0.25) is 0 Å². The molecule has 0 aromatic heterocycles. The number of hydrogen-bond donors (Lipinski definition) is 1. The van der Waals surface area contributed by atoms with Crippen molar-refractivity contribution >= 4 is 15.9 Å². The van der Waals surface area contributed by atoms with Crippen LogP contribution in [0.5, 0.6) is 0 Å². The summed E-state index contributed by atoms with van der Waals surface area (Å²) in [5.41, 5.74) is 0.112. The Balaban J connectivity index is 2.37. The van der Waals surface area contributed by atoms with Gasteiger partial charge >= 0.3 is 6.18 Å². The molecular formula is C12H13BrF3N. The highest BCUT2D eigenvalue weighted by Crippen LogP contribution is 2.44. The highest BCUT2D eigenvalue weighted by Gasteiger charge is 2.35. The summed E-state index contributed by atoms with van der Waals surface area (Å²) in [6, 6.07) is 3.83. The molecule has 1 nitrogen and oxygen atoms in total. The minimum absolute atomic E-state index is 0.00618. The van der Waals surface area contributed by atoms with Gasteiger partial charge in [0.2, 0.25) is 0 Å². The third kappa shape index (κ3) is 2.83. The molecule has 1 aliphatic carbocycles. The number of rotatable bonds is 3. The van der Waals surface area contributed by atoms with Gasteiger partial charge in [-0.05, 0) is 49.6 Å². The van der Waals surface area contributed by atoms with E-state index in [0.717, 1.165) is 23.4 Å². The lowest BCUT2D eigenvalue weighted by atomic mass is 10.00. The fraction of sp³-hybridized carbons (Fsp3) is 0.500. The largest absolute Gasteiger partial charge is 0.416 e. The number of hydrogen-bond acceptors (Lipinski definition) is 1. The number of halogens is 4. The van der Waals surface area contributed by atoms with E-state index in [2.05, 4.69) is 21.2 Å². The van der Waals surface area contributed by atoms with Crippen LogP contribution in [0.4, 0.5) is 13.2 Å². The second-order valence-electron chi connectivity index (χ2n) is 4.34. The van der Waals surface area contributed by atoms with Gasteiger partial charge in [-0.2, -0.15) is 13.2 Å². The monoisotopic (exact) mass is 307 g/mol. The molecule has 0 bridgehead atoms. The van der Waals surface area contributed by atoms with Crippen LogP contribution in [0, 0.1) is 5.92 Å². The van der Waals surface area contributed by atoms with Crippen LogP contribution in [-0.4, -0.2) is 7.05 Å². The van der Waals surface area contributed by atoms with Gasteiger partial charge in [-0.15, -0.1) is 0 Å². The van der Waals surface area contributed by atoms with E-state index in [0.29, 0.717) is 11.5 Å². The summed E-state index contributed by atoms with van der Waals surface area (Å²) in [4.78, 5) is 0. The predicted molar refractivity (Wildman–Crippen MR) is 63.7 cm³/mol. The second-order valence-corrected chi connectivity index (χ2v) is 5.19. The molecule has 17 heavy (non-hydrogen) atoms. The maximum atomic E-state index is 12.6. The smallest absolute Gasteiger partial charge is 0.313 e. The summed E-state index contributed by atoms with van der Waals surface area (Å²) in [5.74, 6) is 0.458. The summed E-state index contributed by atoms with van der Waals surface area (Å²) in [6.45, 7) is 0. The van der Waals surface area contributed by atoms with Crippen molar-refractivity contribution in [2.75, 3.05) is 7.05 Å². The molecule has 0 saturated heterocycles. The Labute approximate surface area is 107 Å². The van der Waals surface area contributed by atoms with Gasteiger partial charge < -0.3 is 5.32 Å². The highest BCUT2D eigenvalue weighted by atomic mass is 79.9. The summed E-state index contributed by atoms with van der Waals surface area (Å²) in [5, 5.41) is 3.10. The van der Waals surface area contributed by atoms with Gasteiger partial charge in [0.25, 0.3) is 0 Å². The van der Waals surface area contributed by atoms with Gasteiger partial charge in [-0.25, -0.2) is 0 Å². The average molecular weight is 308 g/mol. The molecule has 1 aromatic carbocycles. The minimum Gasteiger partial charge on any atom is -0.313 e. The maximum Gasteiger partial charge on any atom is 0.416 e. The zero-order valence-corrected chi connectivity index (χ0v) is 10.9. The molecule has 1 saturated carbocycles. The first kappa shape index (κ1) is 12.9. The third-order valence-corrected chi connectivity index (χ3v) is 3.78. The average Bonchev–Trinajstić information content (AvgIpc) is 3.04. The first-order valence-electron chi connectivity index (χ1n) is 5.47. The van der Waals surface area contributed by atoms with Crippen LogP contribution in [0.1, 0.15) is 30.0 Å². The quantitative estimate of drug-likeness (QED) is 0.885. The molecule has 5 heteroatoms. The summed E-state index contributed by atoms with van der Waals surface area (Å²) >= 11 is 3.33. The van der Waals surface area contributed by atoms with Gasteiger partial charge in [0.05, 0.1) is 5.56 Å². The van der Waals surface area contributed by atoms with Crippen molar-refractivity contribution in [1.29, 1.82) is 0 Å². The van der Waals surface area contributed by atoms with Gasteiger partial charge in [0, 0.05) is 10.5 Å². The fourth-order valence-corrected chi connectivity index (χ4v) is 2.53. The van der Waals surface area contributed by atoms with E-state index in [1.807, 2.05) is 0 Å². The van der Waals surface area contributed by atoms with E-state index >= 15 is 0 Å². The number of alkyl halides is 3. The zero-order valence-electron chi connectivity index (χ0n) is 9.31. The Kier molecular flexibility index (Phi) is 3.50. The lowest BCUT2D eigenvalue weighted by molar-refractivity contribution is -0.137. The highest BCUT2D eigenvalue weighted by molar-refractivity contribution is 9.10. The van der Waals surface area contributed by atoms with Crippen molar-refractivity contribution in [1.82, 2.24) is 5.32 Å². The molecule has 0 radical (unpaired) electrons. The van der Waals surface area contributed by atoms with Crippen LogP contribution in [0.15, 0.2) is 22.7 Å². The fourth-order valence-electron chi connectivity index (χ4n) is 2.03. The molecule has 1 unspecified atom stereocenters. The standard InChI is InChI=1S/C12H13BrF3N/c1-17-11(7-2-3-7)9-6-8(12(14,15)16)4-5-10(9)13/h4-7,11,17H,2-3H2,1H3. The van der Waals surface area contributed by atoms with Gasteiger partial charge in [0.15, 0.2) is 0 Å². The SMILES string of the molecule is CNC(c1cc(C(F)(F)F)ccc1Br)C1CC1. The van der Waals surface area contributed by atoms with Crippen molar-refractivity contribution < 1.29 is 13.2 Å². The van der Waals surface area contributed by atoms with Crippen molar-refractivity contribution in [3.8, 4) is 0 Å². The molecule has 1 fully saturated rings. The zero-order chi connectivity index (χ0) is 12.6. The minimum atomic E-state index is -4.28. The summed E-state index contributed by atoms with van der Waals surface area (Å²) in [6.07, 6.45) is -2.13. The van der Waals surface area contributed by atoms with Crippen molar-refractivity contribution in [2.24, 2.45) is 5.92 Å². The molecule has 0 heterocycles. The van der Waals surface area contributed by atoms with Crippen molar-refractivity contribution in [3.63, 3.8) is 0 Å². The summed E-state index contributed by atoms with van der Waals surface area (Å²) in [7, 11) is 1.79. The predicted octanol–water partition coefficient (Wildman–Crippen LogP) is 4.14. The van der Waals surface area contributed by atoms with E-state index < -0.39 is 11.7 Å². The Bertz CT molecular complexity index is 413. The molecule has 94 valence electrons. The first-order valence-corrected chi connectivity index (χ1v) is 6.26. The topological polar surface area (TPSA) is 12.0 Å². The lowest BCUT2D eigenvalue weighted by Crippen LogP contribution is -2.19. The van der Waals surface area contributed by atoms with Gasteiger partial charge in [-0.1, -0.05) is 15.9 Å². The van der Waals surface area contributed by atoms with E-state index in [-0.39, 0.29) is 6.04 Å². The molecule has 1 N–H and O–H groups in total. The normalized spacial score (nSPS) is 18.2. The van der Waals surface area contributed by atoms with E-state index in [1.165, 1.54) is 12.1 Å². The van der Waals surface area contributed by atoms with Crippen LogP contribution < -0.4 is 5.32 Å². The van der Waals surface area contributed by atoms with E-state index in [9.17, 15) is 13.2 Å². The molecule has 1 aromatic rings. The Morgan fingerprint density at radius 3 is 2.47 bits per heavy atom. The maximum absolute atomic E-state index is 12.6. The Morgan fingerprint density at radius 1 is 1.35 bits per heavy atom. The molecule has 0 aliphatic heterocycles. The number of benzene rings is 1. The van der Waals surface area contributed by atoms with Crippen LogP contribution in [-0.2, 0) is 6.18 Å². The first-order chi connectivity index (χ1) is 7.93. The lowest BCUT2D eigenvalue weighted by Gasteiger charge is -2.19. The molecular weight excluding hydrogens is 295 g/mol. The van der Waals surface area contributed by atoms with Crippen molar-refractivity contribution in [2.45, 2.75) is 25.1 Å². The molecule has 1 atom stereocenters. The van der Waals surface area contributed by atoms with Crippen LogP contribution in [0.25, 0.3) is 0 Å². The van der Waals surface area contributed by atoms with Gasteiger partial charge in [0.1, 0.15) is 0 Å². The van der Waals surface area contributed by atoms with E-state index in [1.54, 1.807) is 7.05 Å². The van der Waals surface area contributed by atoms with Crippen LogP contribution >= 0.6 is 15.9 Å². The molecule has 0 amide bonds. The molecule has 2 rings (SSSR count). The summed E-state index contributed by atoms with van der Waals surface area (Å²) < 4.78 is 38.7. The molecule has 1 aliphatic rings.